The fourth-order valence-electron chi connectivity index (χ4n) is 2.43. The maximum Gasteiger partial charge on any atom is 0.282 e. The molecule has 1 amide bonds. The van der Waals surface area contributed by atoms with E-state index in [4.69, 9.17) is 32.8 Å². The second kappa shape index (κ2) is 6.08. The molecule has 22 heavy (non-hydrogen) atoms. The van der Waals surface area contributed by atoms with Crippen molar-refractivity contribution < 1.29 is 19.5 Å². The predicted molar refractivity (Wildman–Crippen MR) is 84.6 cm³/mol. The van der Waals surface area contributed by atoms with E-state index in [0.29, 0.717) is 21.2 Å². The molecule has 7 heteroatoms. The number of aliphatic hydroxyl groups is 1. The van der Waals surface area contributed by atoms with E-state index in [1.165, 1.54) is 13.2 Å². The van der Waals surface area contributed by atoms with Crippen molar-refractivity contribution in [2.75, 3.05) is 13.9 Å². The molecule has 0 radical (unpaired) electrons. The Morgan fingerprint density at radius 2 is 1.95 bits per heavy atom. The molecule has 120 valence electrons. The third-order valence-electron chi connectivity index (χ3n) is 3.52. The molecular weight excluding hydrogens is 329 g/mol. The van der Waals surface area contributed by atoms with Gasteiger partial charge in [0, 0.05) is 17.7 Å². The van der Waals surface area contributed by atoms with Gasteiger partial charge in [-0.1, -0.05) is 23.2 Å². The van der Waals surface area contributed by atoms with Crippen molar-refractivity contribution in [3.05, 3.63) is 39.1 Å². The van der Waals surface area contributed by atoms with Crippen LogP contribution in [0.1, 0.15) is 25.0 Å². The van der Waals surface area contributed by atoms with Crippen LogP contribution in [-0.2, 0) is 14.4 Å². The number of aliphatic hydroxyl groups excluding tert-OH is 1. The van der Waals surface area contributed by atoms with Crippen molar-refractivity contribution in [3.63, 3.8) is 0 Å². The van der Waals surface area contributed by atoms with Crippen molar-refractivity contribution in [3.8, 4) is 0 Å². The highest BCUT2D eigenvalue weighted by molar-refractivity contribution is 6.38. The van der Waals surface area contributed by atoms with Gasteiger partial charge in [0.15, 0.2) is 6.79 Å². The first-order chi connectivity index (χ1) is 10.2. The molecule has 0 unspecified atom stereocenters. The number of hydroxylamine groups is 2. The summed E-state index contributed by atoms with van der Waals surface area (Å²) in [6.45, 7) is 5.00. The Labute approximate surface area is 139 Å². The largest absolute Gasteiger partial charge is 0.509 e. The molecule has 1 aliphatic rings. The van der Waals surface area contributed by atoms with E-state index < -0.39 is 11.4 Å². The highest BCUT2D eigenvalue weighted by atomic mass is 35.5. The normalized spacial score (nSPS) is 17.5. The monoisotopic (exact) mass is 345 g/mol. The smallest absolute Gasteiger partial charge is 0.282 e. The molecule has 0 saturated heterocycles. The van der Waals surface area contributed by atoms with E-state index in [9.17, 15) is 9.90 Å². The summed E-state index contributed by atoms with van der Waals surface area (Å²) < 4.78 is 4.83. The van der Waals surface area contributed by atoms with Crippen LogP contribution in [-0.4, -0.2) is 35.5 Å². The molecule has 5 nitrogen and oxygen atoms in total. The van der Waals surface area contributed by atoms with E-state index in [-0.39, 0.29) is 18.1 Å². The van der Waals surface area contributed by atoms with E-state index in [2.05, 4.69) is 0 Å². The van der Waals surface area contributed by atoms with Crippen LogP contribution in [0.4, 0.5) is 0 Å². The van der Waals surface area contributed by atoms with Gasteiger partial charge < -0.3 is 9.84 Å². The molecule has 1 aromatic rings. The minimum Gasteiger partial charge on any atom is -0.509 e. The quantitative estimate of drug-likeness (QED) is 0.844. The van der Waals surface area contributed by atoms with Crippen LogP contribution in [0.5, 0.6) is 0 Å². The lowest BCUT2D eigenvalue weighted by molar-refractivity contribution is -0.238. The lowest BCUT2D eigenvalue weighted by Gasteiger charge is -2.30. The number of carbonyl (C=O) groups excluding carboxylic acids is 1. The van der Waals surface area contributed by atoms with Crippen molar-refractivity contribution in [2.24, 2.45) is 0 Å². The molecular formula is C15H17Cl2NO4. The zero-order chi connectivity index (χ0) is 16.7. The van der Waals surface area contributed by atoms with Crippen LogP contribution in [0.15, 0.2) is 17.9 Å². The number of benzene rings is 1. The summed E-state index contributed by atoms with van der Waals surface area (Å²) in [6.07, 6.45) is 0. The summed E-state index contributed by atoms with van der Waals surface area (Å²) in [5, 5.41) is 12.4. The second-order valence-electron chi connectivity index (χ2n) is 5.50. The van der Waals surface area contributed by atoms with Gasteiger partial charge in [0.1, 0.15) is 11.3 Å². The van der Waals surface area contributed by atoms with Gasteiger partial charge in [0.05, 0.1) is 10.6 Å². The summed E-state index contributed by atoms with van der Waals surface area (Å²) in [7, 11) is 1.45. The maximum absolute atomic E-state index is 12.7. The SMILES string of the molecule is COCON1C(=O)C(c2c(C)cc(Cl)cc2Cl)=C(O)C1(C)C. The number of hydrogen-bond acceptors (Lipinski definition) is 4. The van der Waals surface area contributed by atoms with Crippen molar-refractivity contribution in [2.45, 2.75) is 26.3 Å². The van der Waals surface area contributed by atoms with Crippen molar-refractivity contribution in [1.82, 2.24) is 5.06 Å². The standard InChI is InChI=1S/C15H17Cl2NO4/c1-8-5-9(16)6-10(17)11(8)12-13(19)15(2,3)18(14(12)20)22-7-21-4/h5-6,19H,7H2,1-4H3. The molecule has 2 rings (SSSR count). The van der Waals surface area contributed by atoms with Crippen LogP contribution in [0.3, 0.4) is 0 Å². The van der Waals surface area contributed by atoms with E-state index in [1.54, 1.807) is 26.8 Å². The zero-order valence-electron chi connectivity index (χ0n) is 12.7. The Balaban J connectivity index is 2.56. The number of hydrogen-bond donors (Lipinski definition) is 1. The van der Waals surface area contributed by atoms with Crippen LogP contribution in [0, 0.1) is 6.92 Å². The molecule has 0 aromatic heterocycles. The highest BCUT2D eigenvalue weighted by Crippen LogP contribution is 2.42. The first kappa shape index (κ1) is 17.1. The lowest BCUT2D eigenvalue weighted by Crippen LogP contribution is -2.43. The molecule has 0 bridgehead atoms. The van der Waals surface area contributed by atoms with Crippen molar-refractivity contribution in [1.29, 1.82) is 0 Å². The maximum atomic E-state index is 12.7. The molecule has 0 atom stereocenters. The van der Waals surface area contributed by atoms with E-state index in [1.807, 2.05) is 0 Å². The molecule has 1 N–H and O–H groups in total. The van der Waals surface area contributed by atoms with Gasteiger partial charge in [-0.2, -0.15) is 0 Å². The summed E-state index contributed by atoms with van der Waals surface area (Å²) in [5.41, 5.74) is 0.225. The molecule has 0 spiro atoms. The van der Waals surface area contributed by atoms with Gasteiger partial charge in [0.25, 0.3) is 5.91 Å². The minimum atomic E-state index is -1.03. The molecule has 1 aromatic carbocycles. The van der Waals surface area contributed by atoms with E-state index in [0.717, 1.165) is 5.06 Å². The fraction of sp³-hybridized carbons (Fsp3) is 0.400. The molecule has 0 fully saturated rings. The Kier molecular flexibility index (Phi) is 4.73. The number of ether oxygens (including phenoxy) is 1. The highest BCUT2D eigenvalue weighted by Gasteiger charge is 2.48. The number of amides is 1. The van der Waals surface area contributed by atoms with Crippen molar-refractivity contribution >= 4 is 34.7 Å². The van der Waals surface area contributed by atoms with Crippen LogP contribution in [0.2, 0.25) is 10.0 Å². The lowest BCUT2D eigenvalue weighted by atomic mass is 9.96. The van der Waals surface area contributed by atoms with Gasteiger partial charge in [-0.15, -0.1) is 0 Å². The van der Waals surface area contributed by atoms with Gasteiger partial charge in [-0.25, -0.2) is 9.90 Å². The third-order valence-corrected chi connectivity index (χ3v) is 4.04. The van der Waals surface area contributed by atoms with Gasteiger partial charge in [-0.3, -0.25) is 4.79 Å². The predicted octanol–water partition coefficient (Wildman–Crippen LogP) is 3.73. The molecule has 1 aliphatic heterocycles. The van der Waals surface area contributed by atoms with Gasteiger partial charge >= 0.3 is 0 Å². The number of rotatable bonds is 4. The molecule has 0 aliphatic carbocycles. The van der Waals surface area contributed by atoms with Crippen LogP contribution < -0.4 is 0 Å². The Bertz CT molecular complexity index is 632. The summed E-state index contributed by atoms with van der Waals surface area (Å²) >= 11 is 12.2. The summed E-state index contributed by atoms with van der Waals surface area (Å²) in [5.74, 6) is -0.590. The first-order valence-corrected chi connectivity index (χ1v) is 7.33. The molecule has 1 heterocycles. The summed E-state index contributed by atoms with van der Waals surface area (Å²) in [6, 6.07) is 3.21. The average Bonchev–Trinajstić information content (AvgIpc) is 2.56. The average molecular weight is 346 g/mol. The fourth-order valence-corrected chi connectivity index (χ4v) is 3.12. The number of carbonyl (C=O) groups is 1. The Morgan fingerprint density at radius 1 is 1.32 bits per heavy atom. The third kappa shape index (κ3) is 2.70. The zero-order valence-corrected chi connectivity index (χ0v) is 14.2. The topological polar surface area (TPSA) is 59.0 Å². The second-order valence-corrected chi connectivity index (χ2v) is 6.34. The number of aryl methyl sites for hydroxylation is 1. The van der Waals surface area contributed by atoms with Gasteiger partial charge in [-0.05, 0) is 38.5 Å². The number of nitrogens with zero attached hydrogens (tertiary/aromatic N) is 1. The van der Waals surface area contributed by atoms with Gasteiger partial charge in [0.2, 0.25) is 0 Å². The Hall–Kier alpha value is -1.27. The Morgan fingerprint density at radius 3 is 2.50 bits per heavy atom. The molecule has 0 saturated carbocycles. The van der Waals surface area contributed by atoms with E-state index >= 15 is 0 Å². The first-order valence-electron chi connectivity index (χ1n) is 6.58. The van der Waals surface area contributed by atoms with Crippen LogP contribution >= 0.6 is 23.2 Å². The number of methoxy groups -OCH3 is 1. The number of halogens is 2. The van der Waals surface area contributed by atoms with Crippen LogP contribution in [0.25, 0.3) is 5.57 Å². The minimum absolute atomic E-state index is 0.108. The summed E-state index contributed by atoms with van der Waals surface area (Å²) in [4.78, 5) is 18.0.